The standard InChI is InChI=1S/C25H34O2/c1-4-15-25(27,16-14-21-11-7-6-8-12-21)19-24(26)18-22(5-2)23-13-9-10-20(3)17-23/h6-13,17,22,27H,4-5,14-16,18-19H2,1-3H3/t22-,25-/m1/s1. The minimum atomic E-state index is -0.896. The van der Waals surface area contributed by atoms with Gasteiger partial charge in [0.05, 0.1) is 5.60 Å². The lowest BCUT2D eigenvalue weighted by molar-refractivity contribution is -0.125. The maximum Gasteiger partial charge on any atom is 0.136 e. The van der Waals surface area contributed by atoms with Gasteiger partial charge in [-0.2, -0.15) is 0 Å². The lowest BCUT2D eigenvalue weighted by Gasteiger charge is -2.28. The van der Waals surface area contributed by atoms with Gasteiger partial charge in [-0.25, -0.2) is 0 Å². The summed E-state index contributed by atoms with van der Waals surface area (Å²) in [6.45, 7) is 6.29. The van der Waals surface area contributed by atoms with Gasteiger partial charge < -0.3 is 5.11 Å². The highest BCUT2D eigenvalue weighted by molar-refractivity contribution is 5.80. The number of ketones is 1. The number of aryl methyl sites for hydroxylation is 2. The summed E-state index contributed by atoms with van der Waals surface area (Å²) in [6.07, 6.45) is 4.71. The van der Waals surface area contributed by atoms with E-state index >= 15 is 0 Å². The number of Topliss-reactive ketones (excluding diaryl/α,β-unsaturated/α-hetero) is 1. The van der Waals surface area contributed by atoms with Crippen LogP contribution in [-0.2, 0) is 11.2 Å². The average Bonchev–Trinajstić information content (AvgIpc) is 2.65. The van der Waals surface area contributed by atoms with Gasteiger partial charge in [-0.05, 0) is 49.7 Å². The third-order valence-corrected chi connectivity index (χ3v) is 5.44. The van der Waals surface area contributed by atoms with Gasteiger partial charge in [-0.1, -0.05) is 80.4 Å². The zero-order valence-electron chi connectivity index (χ0n) is 17.1. The molecular weight excluding hydrogens is 332 g/mol. The molecule has 0 fully saturated rings. The van der Waals surface area contributed by atoms with Gasteiger partial charge >= 0.3 is 0 Å². The second kappa shape index (κ2) is 10.4. The highest BCUT2D eigenvalue weighted by Crippen LogP contribution is 2.29. The smallest absolute Gasteiger partial charge is 0.136 e. The van der Waals surface area contributed by atoms with E-state index < -0.39 is 5.60 Å². The van der Waals surface area contributed by atoms with Gasteiger partial charge in [-0.3, -0.25) is 4.79 Å². The van der Waals surface area contributed by atoms with Crippen LogP contribution in [0.2, 0.25) is 0 Å². The topological polar surface area (TPSA) is 37.3 Å². The molecule has 0 saturated carbocycles. The van der Waals surface area contributed by atoms with E-state index in [9.17, 15) is 9.90 Å². The second-order valence-corrected chi connectivity index (χ2v) is 7.90. The van der Waals surface area contributed by atoms with Crippen molar-refractivity contribution >= 4 is 5.78 Å². The highest BCUT2D eigenvalue weighted by atomic mass is 16.3. The van der Waals surface area contributed by atoms with Crippen molar-refractivity contribution in [3.05, 3.63) is 71.3 Å². The highest BCUT2D eigenvalue weighted by Gasteiger charge is 2.29. The van der Waals surface area contributed by atoms with Crippen molar-refractivity contribution in [2.24, 2.45) is 0 Å². The summed E-state index contributed by atoms with van der Waals surface area (Å²) in [4.78, 5) is 12.8. The number of carbonyl (C=O) groups is 1. The van der Waals surface area contributed by atoms with Gasteiger partial charge in [-0.15, -0.1) is 0 Å². The molecule has 0 saturated heterocycles. The Labute approximate surface area is 164 Å². The average molecular weight is 367 g/mol. The molecule has 2 atom stereocenters. The zero-order valence-corrected chi connectivity index (χ0v) is 17.1. The molecule has 0 radical (unpaired) electrons. The lowest BCUT2D eigenvalue weighted by atomic mass is 9.82. The first-order chi connectivity index (χ1) is 13.0. The van der Waals surface area contributed by atoms with E-state index in [0.717, 1.165) is 19.3 Å². The van der Waals surface area contributed by atoms with Crippen LogP contribution in [-0.4, -0.2) is 16.5 Å². The molecule has 0 aliphatic rings. The molecule has 2 aromatic carbocycles. The van der Waals surface area contributed by atoms with E-state index in [-0.39, 0.29) is 18.1 Å². The maximum absolute atomic E-state index is 12.8. The Bertz CT molecular complexity index is 707. The largest absolute Gasteiger partial charge is 0.389 e. The molecule has 0 heterocycles. The van der Waals surface area contributed by atoms with Crippen LogP contribution in [0.1, 0.15) is 75.0 Å². The van der Waals surface area contributed by atoms with E-state index in [1.165, 1.54) is 16.7 Å². The van der Waals surface area contributed by atoms with Gasteiger partial charge in [0.2, 0.25) is 0 Å². The van der Waals surface area contributed by atoms with Crippen LogP contribution < -0.4 is 0 Å². The molecule has 2 nitrogen and oxygen atoms in total. The quantitative estimate of drug-likeness (QED) is 0.529. The monoisotopic (exact) mass is 366 g/mol. The third kappa shape index (κ3) is 6.95. The molecule has 2 rings (SSSR count). The van der Waals surface area contributed by atoms with Crippen molar-refractivity contribution in [3.63, 3.8) is 0 Å². The second-order valence-electron chi connectivity index (χ2n) is 7.90. The van der Waals surface area contributed by atoms with E-state index in [1.807, 2.05) is 18.2 Å². The van der Waals surface area contributed by atoms with Crippen molar-refractivity contribution in [1.82, 2.24) is 0 Å². The molecule has 0 amide bonds. The molecule has 0 aromatic heterocycles. The van der Waals surface area contributed by atoms with Gasteiger partial charge in [0, 0.05) is 12.8 Å². The number of aliphatic hydroxyl groups is 1. The predicted molar refractivity (Wildman–Crippen MR) is 113 cm³/mol. The molecule has 146 valence electrons. The number of rotatable bonds is 11. The molecule has 0 aliphatic heterocycles. The fourth-order valence-corrected chi connectivity index (χ4v) is 3.92. The van der Waals surface area contributed by atoms with Crippen molar-refractivity contribution in [2.75, 3.05) is 0 Å². The minimum Gasteiger partial charge on any atom is -0.389 e. The Morgan fingerprint density at radius 3 is 2.41 bits per heavy atom. The first-order valence-corrected chi connectivity index (χ1v) is 10.3. The number of carbonyl (C=O) groups excluding carboxylic acids is 1. The Hall–Kier alpha value is -1.93. The fourth-order valence-electron chi connectivity index (χ4n) is 3.92. The van der Waals surface area contributed by atoms with Crippen molar-refractivity contribution in [1.29, 1.82) is 0 Å². The molecule has 1 N–H and O–H groups in total. The van der Waals surface area contributed by atoms with Gasteiger partial charge in [0.1, 0.15) is 5.78 Å². The maximum atomic E-state index is 12.8. The molecule has 0 unspecified atom stereocenters. The summed E-state index contributed by atoms with van der Waals surface area (Å²) in [5, 5.41) is 11.1. The minimum absolute atomic E-state index is 0.173. The van der Waals surface area contributed by atoms with E-state index in [2.05, 4.69) is 57.2 Å². The van der Waals surface area contributed by atoms with Crippen LogP contribution >= 0.6 is 0 Å². The van der Waals surface area contributed by atoms with Crippen LogP contribution in [0.5, 0.6) is 0 Å². The van der Waals surface area contributed by atoms with E-state index in [0.29, 0.717) is 19.3 Å². The number of hydrogen-bond acceptors (Lipinski definition) is 2. The summed E-state index contributed by atoms with van der Waals surface area (Å²) in [5.41, 5.74) is 2.77. The Kier molecular flexibility index (Phi) is 8.24. The zero-order chi connectivity index (χ0) is 19.7. The molecule has 2 heteroatoms. The summed E-state index contributed by atoms with van der Waals surface area (Å²) < 4.78 is 0. The van der Waals surface area contributed by atoms with Crippen LogP contribution in [0.4, 0.5) is 0 Å². The summed E-state index contributed by atoms with van der Waals surface area (Å²) in [6, 6.07) is 18.6. The summed E-state index contributed by atoms with van der Waals surface area (Å²) in [5.74, 6) is 0.407. The molecule has 27 heavy (non-hydrogen) atoms. The number of benzene rings is 2. The van der Waals surface area contributed by atoms with Gasteiger partial charge in [0.25, 0.3) is 0 Å². The van der Waals surface area contributed by atoms with Crippen LogP contribution in [0.25, 0.3) is 0 Å². The lowest BCUT2D eigenvalue weighted by Crippen LogP contribution is -2.32. The van der Waals surface area contributed by atoms with E-state index in [1.54, 1.807) is 0 Å². The molecule has 2 aromatic rings. The summed E-state index contributed by atoms with van der Waals surface area (Å²) in [7, 11) is 0. The van der Waals surface area contributed by atoms with Crippen molar-refractivity contribution in [3.8, 4) is 0 Å². The summed E-state index contributed by atoms with van der Waals surface area (Å²) >= 11 is 0. The van der Waals surface area contributed by atoms with Crippen LogP contribution in [0.3, 0.4) is 0 Å². The predicted octanol–water partition coefficient (Wildman–Crippen LogP) is 6.00. The van der Waals surface area contributed by atoms with Crippen LogP contribution in [0, 0.1) is 6.92 Å². The Balaban J connectivity index is 2.00. The fraction of sp³-hybridized carbons (Fsp3) is 0.480. The van der Waals surface area contributed by atoms with Crippen LogP contribution in [0.15, 0.2) is 54.6 Å². The molecular formula is C25H34O2. The number of hydrogen-bond donors (Lipinski definition) is 1. The Morgan fingerprint density at radius 2 is 1.78 bits per heavy atom. The molecule has 0 bridgehead atoms. The van der Waals surface area contributed by atoms with Crippen molar-refractivity contribution in [2.45, 2.75) is 77.2 Å². The Morgan fingerprint density at radius 1 is 1.04 bits per heavy atom. The molecule has 0 aliphatic carbocycles. The normalized spacial score (nSPS) is 14.5. The van der Waals surface area contributed by atoms with E-state index in [4.69, 9.17) is 0 Å². The molecule has 0 spiro atoms. The SMILES string of the molecule is CCC[C@@](O)(CCc1ccccc1)CC(=O)C[C@@H](CC)c1cccc(C)c1. The third-order valence-electron chi connectivity index (χ3n) is 5.44. The first-order valence-electron chi connectivity index (χ1n) is 10.3. The van der Waals surface area contributed by atoms with Crippen molar-refractivity contribution < 1.29 is 9.90 Å². The first kappa shape index (κ1) is 21.4. The van der Waals surface area contributed by atoms with Gasteiger partial charge in [0.15, 0.2) is 0 Å².